The van der Waals surface area contributed by atoms with E-state index in [-0.39, 0.29) is 11.7 Å². The van der Waals surface area contributed by atoms with Gasteiger partial charge < -0.3 is 10.1 Å². The van der Waals surface area contributed by atoms with Crippen molar-refractivity contribution < 1.29 is 13.9 Å². The summed E-state index contributed by atoms with van der Waals surface area (Å²) in [5.41, 5.74) is 1.71. The summed E-state index contributed by atoms with van der Waals surface area (Å²) < 4.78 is 19.5. The number of carbonyl (C=O) groups is 1. The first kappa shape index (κ1) is 21.3. The number of pyridine rings is 1. The molecule has 0 unspecified atom stereocenters. The lowest BCUT2D eigenvalue weighted by Crippen LogP contribution is -2.42. The summed E-state index contributed by atoms with van der Waals surface area (Å²) in [6, 6.07) is 14.0. The number of ether oxygens (including phenoxy) is 1. The molecule has 162 valence electrons. The van der Waals surface area contributed by atoms with Gasteiger partial charge in [0.05, 0.1) is 17.7 Å². The predicted molar refractivity (Wildman–Crippen MR) is 122 cm³/mol. The highest BCUT2D eigenvalue weighted by Crippen LogP contribution is 2.41. The third kappa shape index (κ3) is 4.41. The van der Waals surface area contributed by atoms with Gasteiger partial charge in [0, 0.05) is 11.6 Å². The minimum absolute atomic E-state index is 0.0383. The number of benzene rings is 2. The van der Waals surface area contributed by atoms with Crippen molar-refractivity contribution in [3.63, 3.8) is 0 Å². The molecule has 1 heterocycles. The average molecular weight is 421 g/mol. The Labute approximate surface area is 182 Å². The highest BCUT2D eigenvalue weighted by molar-refractivity contribution is 6.06. The zero-order chi connectivity index (χ0) is 21.7. The third-order valence-corrected chi connectivity index (χ3v) is 6.27. The Balaban J connectivity index is 1.66. The van der Waals surface area contributed by atoms with Crippen LogP contribution in [0, 0.1) is 5.82 Å². The molecule has 0 saturated heterocycles. The third-order valence-electron chi connectivity index (χ3n) is 6.27. The maximum atomic E-state index is 13.7. The van der Waals surface area contributed by atoms with Gasteiger partial charge in [-0.15, -0.1) is 0 Å². The summed E-state index contributed by atoms with van der Waals surface area (Å²) in [4.78, 5) is 18.2. The van der Waals surface area contributed by atoms with Crippen molar-refractivity contribution in [2.24, 2.45) is 0 Å². The Bertz CT molecular complexity index is 1040. The van der Waals surface area contributed by atoms with Crippen molar-refractivity contribution >= 4 is 22.5 Å². The van der Waals surface area contributed by atoms with E-state index in [1.807, 2.05) is 24.3 Å². The van der Waals surface area contributed by atoms with Crippen LogP contribution >= 0.6 is 0 Å². The van der Waals surface area contributed by atoms with Gasteiger partial charge in [0.25, 0.3) is 0 Å². The van der Waals surface area contributed by atoms with Gasteiger partial charge in [-0.2, -0.15) is 0 Å². The molecule has 0 radical (unpaired) electrons. The molecule has 1 saturated carbocycles. The van der Waals surface area contributed by atoms with Crippen LogP contribution in [0.4, 0.5) is 10.1 Å². The van der Waals surface area contributed by atoms with E-state index in [0.29, 0.717) is 6.61 Å². The first-order chi connectivity index (χ1) is 15.1. The van der Waals surface area contributed by atoms with Gasteiger partial charge in [-0.05, 0) is 61.2 Å². The van der Waals surface area contributed by atoms with Crippen LogP contribution in [0.15, 0.2) is 54.7 Å². The maximum absolute atomic E-state index is 13.7. The molecular weight excluding hydrogens is 391 g/mol. The lowest BCUT2D eigenvalue weighted by molar-refractivity contribution is -0.122. The number of hydrogen-bond acceptors (Lipinski definition) is 3. The van der Waals surface area contributed by atoms with Gasteiger partial charge in [0.2, 0.25) is 5.91 Å². The van der Waals surface area contributed by atoms with E-state index in [4.69, 9.17) is 4.74 Å². The number of rotatable bonds is 7. The number of nitrogens with zero attached hydrogens (tertiary/aromatic N) is 1. The van der Waals surface area contributed by atoms with Gasteiger partial charge in [-0.25, -0.2) is 4.39 Å². The van der Waals surface area contributed by atoms with Crippen molar-refractivity contribution in [2.75, 3.05) is 11.9 Å². The summed E-state index contributed by atoms with van der Waals surface area (Å²) in [5, 5.41) is 4.03. The first-order valence-corrected chi connectivity index (χ1v) is 11.2. The average Bonchev–Trinajstić information content (AvgIpc) is 2.81. The Morgan fingerprint density at radius 2 is 1.87 bits per heavy atom. The fourth-order valence-electron chi connectivity index (χ4n) is 4.51. The van der Waals surface area contributed by atoms with Gasteiger partial charge in [0.15, 0.2) is 0 Å². The van der Waals surface area contributed by atoms with Crippen molar-refractivity contribution in [1.29, 1.82) is 0 Å². The van der Waals surface area contributed by atoms with E-state index >= 15 is 0 Å². The van der Waals surface area contributed by atoms with Gasteiger partial charge in [0.1, 0.15) is 17.1 Å². The molecule has 5 heteroatoms. The van der Waals surface area contributed by atoms with E-state index in [2.05, 4.69) is 17.2 Å². The summed E-state index contributed by atoms with van der Waals surface area (Å²) in [7, 11) is 0. The van der Waals surface area contributed by atoms with Crippen LogP contribution in [0.3, 0.4) is 0 Å². The molecule has 0 bridgehead atoms. The molecule has 31 heavy (non-hydrogen) atoms. The lowest BCUT2D eigenvalue weighted by atomic mass is 9.68. The normalized spacial score (nSPS) is 15.5. The monoisotopic (exact) mass is 420 g/mol. The van der Waals surface area contributed by atoms with E-state index in [1.54, 1.807) is 18.3 Å². The van der Waals surface area contributed by atoms with Gasteiger partial charge in [-0.1, -0.05) is 44.7 Å². The predicted octanol–water partition coefficient (Wildman–Crippen LogP) is 6.39. The van der Waals surface area contributed by atoms with Crippen LogP contribution < -0.4 is 10.1 Å². The topological polar surface area (TPSA) is 51.2 Å². The molecule has 2 aromatic carbocycles. The second kappa shape index (κ2) is 9.46. The number of fused-ring (bicyclic) bond motifs is 1. The van der Waals surface area contributed by atoms with Crippen LogP contribution in [0.1, 0.15) is 57.4 Å². The van der Waals surface area contributed by atoms with Gasteiger partial charge >= 0.3 is 0 Å². The molecule has 1 aliphatic carbocycles. The molecule has 0 atom stereocenters. The second-order valence-corrected chi connectivity index (χ2v) is 8.32. The number of hydrogen-bond donors (Lipinski definition) is 1. The number of halogens is 1. The lowest BCUT2D eigenvalue weighted by Gasteiger charge is -2.36. The van der Waals surface area contributed by atoms with Gasteiger partial charge in [-0.3, -0.25) is 9.78 Å². The minimum Gasteiger partial charge on any atom is -0.491 e. The van der Waals surface area contributed by atoms with E-state index in [1.165, 1.54) is 12.1 Å². The van der Waals surface area contributed by atoms with E-state index in [0.717, 1.165) is 72.8 Å². The Morgan fingerprint density at radius 3 is 2.61 bits per heavy atom. The van der Waals surface area contributed by atoms with Crippen LogP contribution in [0.25, 0.3) is 10.9 Å². The number of anilines is 1. The maximum Gasteiger partial charge on any atom is 0.235 e. The van der Waals surface area contributed by atoms with Crippen LogP contribution in [-0.4, -0.2) is 17.5 Å². The van der Waals surface area contributed by atoms with E-state index < -0.39 is 5.41 Å². The summed E-state index contributed by atoms with van der Waals surface area (Å²) >= 11 is 0. The zero-order valence-electron chi connectivity index (χ0n) is 18.0. The SMILES string of the molecule is CCCCOc1ccc(NC(=O)C2(c3ccc(F)cc3)CCCCC2)c2cccnc12. The Kier molecular flexibility index (Phi) is 6.50. The molecule has 4 rings (SSSR count). The molecule has 0 aliphatic heterocycles. The molecule has 1 aliphatic rings. The molecular formula is C26H29FN2O2. The Hall–Kier alpha value is -2.95. The molecule has 1 fully saturated rings. The first-order valence-electron chi connectivity index (χ1n) is 11.2. The fraction of sp³-hybridized carbons (Fsp3) is 0.385. The van der Waals surface area contributed by atoms with Crippen LogP contribution in [-0.2, 0) is 10.2 Å². The Morgan fingerprint density at radius 1 is 1.10 bits per heavy atom. The number of nitrogens with one attached hydrogen (secondary N) is 1. The van der Waals surface area contributed by atoms with Crippen molar-refractivity contribution in [2.45, 2.75) is 57.3 Å². The van der Waals surface area contributed by atoms with Crippen LogP contribution in [0.5, 0.6) is 5.75 Å². The van der Waals surface area contributed by atoms with Crippen LogP contribution in [0.2, 0.25) is 0 Å². The van der Waals surface area contributed by atoms with E-state index in [9.17, 15) is 9.18 Å². The number of carbonyl (C=O) groups excluding carboxylic acids is 1. The number of unbranched alkanes of at least 4 members (excludes halogenated alkanes) is 1. The molecule has 0 spiro atoms. The number of aromatic nitrogens is 1. The summed E-state index contributed by atoms with van der Waals surface area (Å²) in [5.74, 6) is 0.405. The summed E-state index contributed by atoms with van der Waals surface area (Å²) in [6.45, 7) is 2.77. The van der Waals surface area contributed by atoms with Crippen molar-refractivity contribution in [3.8, 4) is 5.75 Å². The second-order valence-electron chi connectivity index (χ2n) is 8.32. The smallest absolute Gasteiger partial charge is 0.235 e. The van der Waals surface area contributed by atoms with Crippen molar-refractivity contribution in [1.82, 2.24) is 4.98 Å². The standard InChI is InChI=1S/C26H29FN2O2/c1-2-3-18-31-23-14-13-22(21-8-7-17-28-24(21)23)29-25(30)26(15-5-4-6-16-26)19-9-11-20(27)12-10-19/h7-14,17H,2-6,15-16,18H2,1H3,(H,29,30). The molecule has 4 nitrogen and oxygen atoms in total. The molecule has 3 aromatic rings. The highest BCUT2D eigenvalue weighted by atomic mass is 19.1. The molecule has 1 aromatic heterocycles. The van der Waals surface area contributed by atoms with Crippen molar-refractivity contribution in [3.05, 3.63) is 66.1 Å². The summed E-state index contributed by atoms with van der Waals surface area (Å²) in [6.07, 6.45) is 8.39. The number of amides is 1. The highest BCUT2D eigenvalue weighted by Gasteiger charge is 2.41. The largest absolute Gasteiger partial charge is 0.491 e. The quantitative estimate of drug-likeness (QED) is 0.450. The fourth-order valence-corrected chi connectivity index (χ4v) is 4.51. The zero-order valence-corrected chi connectivity index (χ0v) is 18.0. The molecule has 1 N–H and O–H groups in total. The molecule has 1 amide bonds. The minimum atomic E-state index is -0.642.